The number of hydrogen-bond acceptors (Lipinski definition) is 3. The molecule has 2 aromatic rings. The van der Waals surface area contributed by atoms with Gasteiger partial charge in [0.1, 0.15) is 0 Å². The third kappa shape index (κ3) is 3.91. The molecule has 0 fully saturated rings. The minimum Gasteiger partial charge on any atom is -0.316 e. The molecule has 0 saturated heterocycles. The Hall–Kier alpha value is -1.68. The third-order valence-electron chi connectivity index (χ3n) is 4.12. The second kappa shape index (κ2) is 7.36. The van der Waals surface area contributed by atoms with Gasteiger partial charge in [-0.1, -0.05) is 49.4 Å². The average Bonchev–Trinajstić information content (AvgIpc) is 2.92. The van der Waals surface area contributed by atoms with Crippen LogP contribution in [-0.2, 0) is 18.9 Å². The van der Waals surface area contributed by atoms with E-state index in [9.17, 15) is 0 Å². The molecule has 0 aliphatic carbocycles. The van der Waals surface area contributed by atoms with Gasteiger partial charge in [0.25, 0.3) is 0 Å². The van der Waals surface area contributed by atoms with Gasteiger partial charge in [-0.25, -0.2) is 0 Å². The number of nitrogens with zero attached hydrogens (tertiary/aromatic N) is 3. The molecule has 1 heterocycles. The number of nitrogens with one attached hydrogen (secondary N) is 1. The summed E-state index contributed by atoms with van der Waals surface area (Å²) in [5, 5.41) is 12.0. The Kier molecular flexibility index (Phi) is 5.51. The van der Waals surface area contributed by atoms with Gasteiger partial charge in [-0.2, -0.15) is 0 Å². The van der Waals surface area contributed by atoms with Gasteiger partial charge in [0.15, 0.2) is 0 Å². The molecule has 0 aliphatic heterocycles. The summed E-state index contributed by atoms with van der Waals surface area (Å²) in [6.07, 6.45) is 5.16. The number of hydrogen-bond donors (Lipinski definition) is 1. The standard InChI is InChI=1S/C17H26N4/c1-4-11-18-14-17(5-2,15-9-7-6-8-10-15)12-16-13-21(3)20-19-16/h6-10,13,18H,4-5,11-12,14H2,1-3H3. The molecule has 4 heteroatoms. The van der Waals surface area contributed by atoms with Gasteiger partial charge in [-0.3, -0.25) is 4.68 Å². The van der Waals surface area contributed by atoms with E-state index >= 15 is 0 Å². The molecule has 0 radical (unpaired) electrons. The Morgan fingerprint density at radius 3 is 2.52 bits per heavy atom. The first-order chi connectivity index (χ1) is 10.2. The van der Waals surface area contributed by atoms with Crippen LogP contribution >= 0.6 is 0 Å². The lowest BCUT2D eigenvalue weighted by Gasteiger charge is -2.33. The van der Waals surface area contributed by atoms with Crippen LogP contribution in [0, 0.1) is 0 Å². The molecule has 114 valence electrons. The first-order valence-corrected chi connectivity index (χ1v) is 7.81. The highest BCUT2D eigenvalue weighted by Gasteiger charge is 2.31. The van der Waals surface area contributed by atoms with E-state index in [4.69, 9.17) is 0 Å². The van der Waals surface area contributed by atoms with E-state index in [1.807, 2.05) is 13.2 Å². The summed E-state index contributed by atoms with van der Waals surface area (Å²) in [6, 6.07) is 10.8. The van der Waals surface area contributed by atoms with E-state index in [1.54, 1.807) is 4.68 Å². The van der Waals surface area contributed by atoms with Crippen LogP contribution in [0.2, 0.25) is 0 Å². The van der Waals surface area contributed by atoms with Crippen molar-refractivity contribution in [3.8, 4) is 0 Å². The molecule has 2 rings (SSSR count). The molecular weight excluding hydrogens is 260 g/mol. The van der Waals surface area contributed by atoms with E-state index in [2.05, 4.69) is 59.8 Å². The van der Waals surface area contributed by atoms with Gasteiger partial charge < -0.3 is 5.32 Å². The maximum Gasteiger partial charge on any atom is 0.0836 e. The molecule has 0 saturated carbocycles. The van der Waals surface area contributed by atoms with Crippen molar-refractivity contribution in [3.05, 3.63) is 47.8 Å². The molecule has 0 bridgehead atoms. The van der Waals surface area contributed by atoms with Crippen molar-refractivity contribution in [3.63, 3.8) is 0 Å². The lowest BCUT2D eigenvalue weighted by atomic mass is 9.74. The zero-order chi connectivity index (χ0) is 15.1. The van der Waals surface area contributed by atoms with E-state index in [0.29, 0.717) is 0 Å². The fraction of sp³-hybridized carbons (Fsp3) is 0.529. The van der Waals surface area contributed by atoms with Crippen LogP contribution < -0.4 is 5.32 Å². The molecule has 0 aliphatic rings. The van der Waals surface area contributed by atoms with Crippen LogP contribution in [-0.4, -0.2) is 28.1 Å². The Balaban J connectivity index is 2.27. The molecule has 1 atom stereocenters. The van der Waals surface area contributed by atoms with Crippen molar-refractivity contribution in [2.75, 3.05) is 13.1 Å². The lowest BCUT2D eigenvalue weighted by molar-refractivity contribution is 0.375. The predicted octanol–water partition coefficient (Wildman–Crippen LogP) is 2.71. The minimum atomic E-state index is 0.0759. The smallest absolute Gasteiger partial charge is 0.0836 e. The summed E-state index contributed by atoms with van der Waals surface area (Å²) in [4.78, 5) is 0. The van der Waals surface area contributed by atoms with E-state index in [-0.39, 0.29) is 5.41 Å². The van der Waals surface area contributed by atoms with Crippen molar-refractivity contribution >= 4 is 0 Å². The Bertz CT molecular complexity index is 535. The highest BCUT2D eigenvalue weighted by molar-refractivity contribution is 5.28. The first kappa shape index (κ1) is 15.7. The summed E-state index contributed by atoms with van der Waals surface area (Å²) in [7, 11) is 1.92. The van der Waals surface area contributed by atoms with Crippen molar-refractivity contribution in [1.82, 2.24) is 20.3 Å². The molecule has 21 heavy (non-hydrogen) atoms. The topological polar surface area (TPSA) is 42.7 Å². The highest BCUT2D eigenvalue weighted by Crippen LogP contribution is 2.31. The van der Waals surface area contributed by atoms with E-state index in [0.717, 1.165) is 38.0 Å². The summed E-state index contributed by atoms with van der Waals surface area (Å²) >= 11 is 0. The second-order valence-corrected chi connectivity index (χ2v) is 5.74. The van der Waals surface area contributed by atoms with Gasteiger partial charge in [-0.05, 0) is 24.9 Å². The molecule has 1 N–H and O–H groups in total. The fourth-order valence-corrected chi connectivity index (χ4v) is 2.84. The third-order valence-corrected chi connectivity index (χ3v) is 4.12. The quantitative estimate of drug-likeness (QED) is 0.759. The fourth-order valence-electron chi connectivity index (χ4n) is 2.84. The van der Waals surface area contributed by atoms with E-state index < -0.39 is 0 Å². The van der Waals surface area contributed by atoms with E-state index in [1.165, 1.54) is 5.56 Å². The average molecular weight is 286 g/mol. The molecular formula is C17H26N4. The van der Waals surface area contributed by atoms with Crippen molar-refractivity contribution < 1.29 is 0 Å². The van der Waals surface area contributed by atoms with Gasteiger partial charge in [0.2, 0.25) is 0 Å². The van der Waals surface area contributed by atoms with Crippen LogP contribution in [0.15, 0.2) is 36.5 Å². The highest BCUT2D eigenvalue weighted by atomic mass is 15.4. The van der Waals surface area contributed by atoms with Gasteiger partial charge >= 0.3 is 0 Å². The van der Waals surface area contributed by atoms with Crippen molar-refractivity contribution in [2.24, 2.45) is 7.05 Å². The van der Waals surface area contributed by atoms with Crippen LogP contribution in [0.5, 0.6) is 0 Å². The molecule has 0 amide bonds. The number of rotatable bonds is 8. The van der Waals surface area contributed by atoms with Crippen molar-refractivity contribution in [1.29, 1.82) is 0 Å². The molecule has 0 spiro atoms. The van der Waals surface area contributed by atoms with Crippen molar-refractivity contribution in [2.45, 2.75) is 38.5 Å². The number of benzene rings is 1. The second-order valence-electron chi connectivity index (χ2n) is 5.74. The number of aromatic nitrogens is 3. The summed E-state index contributed by atoms with van der Waals surface area (Å²) in [5.74, 6) is 0. The van der Waals surface area contributed by atoms with Gasteiger partial charge in [0.05, 0.1) is 5.69 Å². The summed E-state index contributed by atoms with van der Waals surface area (Å²) in [6.45, 7) is 6.48. The Morgan fingerprint density at radius 1 is 1.19 bits per heavy atom. The zero-order valence-electron chi connectivity index (χ0n) is 13.3. The molecule has 4 nitrogen and oxygen atoms in total. The molecule has 1 aromatic carbocycles. The Morgan fingerprint density at radius 2 is 1.95 bits per heavy atom. The SMILES string of the molecule is CCCNCC(CC)(Cc1cn(C)nn1)c1ccccc1. The minimum absolute atomic E-state index is 0.0759. The maximum absolute atomic E-state index is 4.29. The van der Waals surface area contributed by atoms with Crippen LogP contribution in [0.1, 0.15) is 37.9 Å². The van der Waals surface area contributed by atoms with Gasteiger partial charge in [-0.15, -0.1) is 5.10 Å². The predicted molar refractivity (Wildman–Crippen MR) is 86.3 cm³/mol. The zero-order valence-corrected chi connectivity index (χ0v) is 13.3. The van der Waals surface area contributed by atoms with Crippen LogP contribution in [0.3, 0.4) is 0 Å². The maximum atomic E-state index is 4.29. The van der Waals surface area contributed by atoms with Gasteiger partial charge in [0, 0.05) is 31.6 Å². The first-order valence-electron chi connectivity index (χ1n) is 7.81. The molecule has 1 unspecified atom stereocenters. The molecule has 1 aromatic heterocycles. The Labute approximate surface area is 127 Å². The number of aryl methyl sites for hydroxylation is 1. The normalized spacial score (nSPS) is 14.0. The summed E-state index contributed by atoms with van der Waals surface area (Å²) in [5.41, 5.74) is 2.51. The monoisotopic (exact) mass is 286 g/mol. The van der Waals surface area contributed by atoms with Crippen LogP contribution in [0.25, 0.3) is 0 Å². The van der Waals surface area contributed by atoms with Crippen LogP contribution in [0.4, 0.5) is 0 Å². The lowest BCUT2D eigenvalue weighted by Crippen LogP contribution is -2.40. The largest absolute Gasteiger partial charge is 0.316 e. The summed E-state index contributed by atoms with van der Waals surface area (Å²) < 4.78 is 1.78.